The summed E-state index contributed by atoms with van der Waals surface area (Å²) in [6, 6.07) is 11.6. The Balaban J connectivity index is 1.65. The van der Waals surface area contributed by atoms with Crippen molar-refractivity contribution >= 4 is 45.4 Å². The number of aliphatic carboxylic acids is 1. The number of benzene rings is 2. The molecular weight excluding hydrogens is 421 g/mol. The van der Waals surface area contributed by atoms with Crippen LogP contribution in [-0.4, -0.2) is 45.7 Å². The number of H-pyrrole nitrogens is 1. The van der Waals surface area contributed by atoms with E-state index >= 15 is 0 Å². The van der Waals surface area contributed by atoms with Crippen molar-refractivity contribution in [3.8, 4) is 5.75 Å². The maximum Gasteiger partial charge on any atom is 0.329 e. The highest BCUT2D eigenvalue weighted by atomic mass is 32.2. The first kappa shape index (κ1) is 20.7. The molecule has 0 saturated carbocycles. The highest BCUT2D eigenvalue weighted by Crippen LogP contribution is 2.35. The van der Waals surface area contributed by atoms with E-state index in [-0.39, 0.29) is 17.3 Å². The zero-order valence-corrected chi connectivity index (χ0v) is 17.3. The second-order valence-corrected chi connectivity index (χ2v) is 7.73. The highest BCUT2D eigenvalue weighted by Gasteiger charge is 2.34. The van der Waals surface area contributed by atoms with Gasteiger partial charge in [-0.15, -0.1) is 0 Å². The molecule has 1 amide bonds. The van der Waals surface area contributed by atoms with Gasteiger partial charge in [-0.2, -0.15) is 0 Å². The summed E-state index contributed by atoms with van der Waals surface area (Å²) in [5.41, 5.74) is 2.12. The Morgan fingerprint density at radius 2 is 2.13 bits per heavy atom. The van der Waals surface area contributed by atoms with Crippen LogP contribution in [0, 0.1) is 5.82 Å². The zero-order valence-electron chi connectivity index (χ0n) is 16.5. The van der Waals surface area contributed by atoms with Crippen molar-refractivity contribution in [3.63, 3.8) is 0 Å². The molecule has 1 saturated heterocycles. The van der Waals surface area contributed by atoms with Gasteiger partial charge in [-0.05, 0) is 54.1 Å². The van der Waals surface area contributed by atoms with Crippen LogP contribution in [0.3, 0.4) is 0 Å². The molecule has 9 heteroatoms. The molecular formula is C22H18FN3O4S. The normalized spacial score (nSPS) is 16.6. The average Bonchev–Trinajstić information content (AvgIpc) is 3.27. The van der Waals surface area contributed by atoms with Crippen molar-refractivity contribution in [1.29, 1.82) is 0 Å². The van der Waals surface area contributed by atoms with Crippen LogP contribution in [0.15, 0.2) is 64.6 Å². The molecule has 0 spiro atoms. The van der Waals surface area contributed by atoms with Gasteiger partial charge in [0.15, 0.2) is 5.17 Å². The van der Waals surface area contributed by atoms with Crippen molar-refractivity contribution in [1.82, 2.24) is 9.88 Å². The number of aromatic amines is 1. The largest absolute Gasteiger partial charge is 0.494 e. The predicted octanol–water partition coefficient (Wildman–Crippen LogP) is 4.09. The number of carboxylic acid groups (broad SMARTS) is 1. The number of hydrogen-bond donors (Lipinski definition) is 2. The number of para-hydroxylation sites is 2. The SMILES string of the molecule is COc1ccccc1N=C1SC(=CC(=O)O)C(=O)N1CCc1c[nH]c2cc(F)ccc12. The summed E-state index contributed by atoms with van der Waals surface area (Å²) in [7, 11) is 1.53. The molecule has 0 aliphatic carbocycles. The molecule has 3 aromatic rings. The van der Waals surface area contributed by atoms with E-state index in [4.69, 9.17) is 9.84 Å². The number of fused-ring (bicyclic) bond motifs is 1. The monoisotopic (exact) mass is 439 g/mol. The van der Waals surface area contributed by atoms with Gasteiger partial charge in [-0.1, -0.05) is 12.1 Å². The van der Waals surface area contributed by atoms with Gasteiger partial charge in [0.25, 0.3) is 5.91 Å². The van der Waals surface area contributed by atoms with Gasteiger partial charge in [-0.3, -0.25) is 9.69 Å². The summed E-state index contributed by atoms with van der Waals surface area (Å²) in [5.74, 6) is -1.42. The molecule has 2 heterocycles. The number of nitrogens with one attached hydrogen (secondary N) is 1. The lowest BCUT2D eigenvalue weighted by Gasteiger charge is -2.16. The quantitative estimate of drug-likeness (QED) is 0.564. The van der Waals surface area contributed by atoms with Crippen LogP contribution in [0.2, 0.25) is 0 Å². The Hall–Kier alpha value is -3.59. The fourth-order valence-electron chi connectivity index (χ4n) is 3.32. The van der Waals surface area contributed by atoms with Crippen LogP contribution < -0.4 is 4.74 Å². The molecule has 0 atom stereocenters. The topological polar surface area (TPSA) is 95.0 Å². The van der Waals surface area contributed by atoms with E-state index in [1.165, 1.54) is 24.1 Å². The minimum absolute atomic E-state index is 0.0853. The average molecular weight is 439 g/mol. The van der Waals surface area contributed by atoms with Crippen molar-refractivity contribution < 1.29 is 23.8 Å². The summed E-state index contributed by atoms with van der Waals surface area (Å²) < 4.78 is 18.8. The third-order valence-electron chi connectivity index (χ3n) is 4.78. The first-order chi connectivity index (χ1) is 15.0. The number of nitrogens with zero attached hydrogens (tertiary/aromatic N) is 2. The van der Waals surface area contributed by atoms with Crippen LogP contribution in [0.4, 0.5) is 10.1 Å². The lowest BCUT2D eigenvalue weighted by atomic mass is 10.1. The molecule has 158 valence electrons. The standard InChI is InChI=1S/C22H18FN3O4S/c1-30-18-5-3-2-4-16(18)25-22-26(21(29)19(31-22)11-20(27)28)9-8-13-12-24-17-10-14(23)6-7-15(13)17/h2-7,10-12,24H,8-9H2,1H3,(H,27,28). The minimum Gasteiger partial charge on any atom is -0.494 e. The number of rotatable bonds is 6. The maximum absolute atomic E-state index is 13.4. The molecule has 31 heavy (non-hydrogen) atoms. The van der Waals surface area contributed by atoms with E-state index in [0.717, 1.165) is 28.8 Å². The molecule has 2 N–H and O–H groups in total. The van der Waals surface area contributed by atoms with E-state index in [9.17, 15) is 14.0 Å². The number of amidine groups is 1. The van der Waals surface area contributed by atoms with Crippen LogP contribution >= 0.6 is 11.8 Å². The van der Waals surface area contributed by atoms with Gasteiger partial charge in [0.05, 0.1) is 12.0 Å². The van der Waals surface area contributed by atoms with Crippen LogP contribution in [-0.2, 0) is 16.0 Å². The summed E-state index contributed by atoms with van der Waals surface area (Å²) in [6.07, 6.45) is 3.14. The predicted molar refractivity (Wildman–Crippen MR) is 117 cm³/mol. The van der Waals surface area contributed by atoms with Gasteiger partial charge in [0.1, 0.15) is 17.3 Å². The number of hydrogen-bond acceptors (Lipinski definition) is 5. The van der Waals surface area contributed by atoms with Gasteiger partial charge in [-0.25, -0.2) is 14.2 Å². The maximum atomic E-state index is 13.4. The number of ether oxygens (including phenoxy) is 1. The number of carbonyl (C=O) groups is 2. The number of carbonyl (C=O) groups excluding carboxylic acids is 1. The molecule has 1 aliphatic heterocycles. The molecule has 1 fully saturated rings. The molecule has 0 radical (unpaired) electrons. The Morgan fingerprint density at radius 3 is 2.90 bits per heavy atom. The number of amides is 1. The van der Waals surface area contributed by atoms with E-state index in [1.54, 1.807) is 30.5 Å². The van der Waals surface area contributed by atoms with E-state index in [2.05, 4.69) is 9.98 Å². The van der Waals surface area contributed by atoms with Crippen molar-refractivity contribution in [3.05, 3.63) is 71.0 Å². The lowest BCUT2D eigenvalue weighted by Crippen LogP contribution is -2.31. The fourth-order valence-corrected chi connectivity index (χ4v) is 4.31. The smallest absolute Gasteiger partial charge is 0.329 e. The fraction of sp³-hybridized carbons (Fsp3) is 0.136. The molecule has 4 rings (SSSR count). The molecule has 0 unspecified atom stereocenters. The van der Waals surface area contributed by atoms with Crippen molar-refractivity contribution in [2.24, 2.45) is 4.99 Å². The summed E-state index contributed by atoms with van der Waals surface area (Å²) in [5, 5.41) is 10.3. The number of halogens is 1. The number of aliphatic imine (C=N–C) groups is 1. The molecule has 7 nitrogen and oxygen atoms in total. The Labute approximate surface area is 181 Å². The Morgan fingerprint density at radius 1 is 1.32 bits per heavy atom. The van der Waals surface area contributed by atoms with Gasteiger partial charge < -0.3 is 14.8 Å². The number of thioether (sulfide) groups is 1. The van der Waals surface area contributed by atoms with Crippen LogP contribution in [0.25, 0.3) is 10.9 Å². The van der Waals surface area contributed by atoms with Gasteiger partial charge in [0, 0.05) is 29.7 Å². The van der Waals surface area contributed by atoms with Crippen LogP contribution in [0.5, 0.6) is 5.75 Å². The summed E-state index contributed by atoms with van der Waals surface area (Å²) in [6.45, 7) is 0.279. The first-order valence-electron chi connectivity index (χ1n) is 9.38. The Kier molecular flexibility index (Phi) is 5.77. The summed E-state index contributed by atoms with van der Waals surface area (Å²) >= 11 is 1.01. The zero-order chi connectivity index (χ0) is 22.0. The molecule has 0 bridgehead atoms. The van der Waals surface area contributed by atoms with E-state index in [0.29, 0.717) is 28.5 Å². The third kappa shape index (κ3) is 4.31. The van der Waals surface area contributed by atoms with Crippen molar-refractivity contribution in [2.45, 2.75) is 6.42 Å². The second-order valence-electron chi connectivity index (χ2n) is 6.73. The number of methoxy groups -OCH3 is 1. The third-order valence-corrected chi connectivity index (χ3v) is 5.78. The molecule has 2 aromatic carbocycles. The summed E-state index contributed by atoms with van der Waals surface area (Å²) in [4.78, 5) is 33.1. The lowest BCUT2D eigenvalue weighted by molar-refractivity contribution is -0.132. The molecule has 1 aliphatic rings. The van der Waals surface area contributed by atoms with E-state index in [1.807, 2.05) is 6.07 Å². The second kappa shape index (κ2) is 8.65. The minimum atomic E-state index is -1.20. The van der Waals surface area contributed by atoms with Crippen molar-refractivity contribution in [2.75, 3.05) is 13.7 Å². The van der Waals surface area contributed by atoms with E-state index < -0.39 is 11.9 Å². The van der Waals surface area contributed by atoms with Gasteiger partial charge in [0.2, 0.25) is 0 Å². The molecule has 1 aromatic heterocycles. The van der Waals surface area contributed by atoms with Crippen LogP contribution in [0.1, 0.15) is 5.56 Å². The van der Waals surface area contributed by atoms with Gasteiger partial charge >= 0.3 is 5.97 Å². The number of aromatic nitrogens is 1. The highest BCUT2D eigenvalue weighted by molar-refractivity contribution is 8.18. The Bertz CT molecular complexity index is 1230. The first-order valence-corrected chi connectivity index (χ1v) is 10.2. The number of carboxylic acids is 1.